The van der Waals surface area contributed by atoms with Crippen molar-refractivity contribution in [3.8, 4) is 5.75 Å². The summed E-state index contributed by atoms with van der Waals surface area (Å²) in [5.41, 5.74) is 3.44. The van der Waals surface area contributed by atoms with Crippen LogP contribution in [-0.2, 0) is 11.8 Å². The molecule has 0 bridgehead atoms. The number of benzene rings is 1. The van der Waals surface area contributed by atoms with Gasteiger partial charge in [0.15, 0.2) is 0 Å². The molecule has 0 saturated heterocycles. The van der Waals surface area contributed by atoms with Gasteiger partial charge in [-0.1, -0.05) is 34.1 Å². The second-order valence-corrected chi connectivity index (χ2v) is 6.80. The predicted octanol–water partition coefficient (Wildman–Crippen LogP) is 4.38. The van der Waals surface area contributed by atoms with Gasteiger partial charge >= 0.3 is 0 Å². The van der Waals surface area contributed by atoms with Crippen LogP contribution in [-0.4, -0.2) is 16.8 Å². The number of alkyl halides is 1. The topological polar surface area (TPSA) is 22.1 Å². The Hall–Kier alpha value is -1.000. The standard InChI is InChI=1S/C16H16BrNOS/c1-11-6-7-15(14(9-17)18-11)19-10-13-8-12-4-2-3-5-16(12)20-13/h2-7,13H,8-10H2,1H3. The summed E-state index contributed by atoms with van der Waals surface area (Å²) in [6.07, 6.45) is 1.09. The van der Waals surface area contributed by atoms with Crippen LogP contribution in [0.3, 0.4) is 0 Å². The molecule has 1 aromatic heterocycles. The van der Waals surface area contributed by atoms with Crippen molar-refractivity contribution in [2.24, 2.45) is 0 Å². The van der Waals surface area contributed by atoms with Gasteiger partial charge in [0.05, 0.1) is 5.69 Å². The maximum Gasteiger partial charge on any atom is 0.141 e. The highest BCUT2D eigenvalue weighted by molar-refractivity contribution is 9.08. The Kier molecular flexibility index (Phi) is 4.32. The predicted molar refractivity (Wildman–Crippen MR) is 86.9 cm³/mol. The molecule has 1 aromatic carbocycles. The summed E-state index contributed by atoms with van der Waals surface area (Å²) in [6.45, 7) is 2.73. The van der Waals surface area contributed by atoms with Crippen LogP contribution in [0.5, 0.6) is 5.75 Å². The average Bonchev–Trinajstić information content (AvgIpc) is 2.88. The molecule has 0 spiro atoms. The first-order valence-electron chi connectivity index (χ1n) is 6.66. The lowest BCUT2D eigenvalue weighted by Crippen LogP contribution is -2.14. The zero-order chi connectivity index (χ0) is 13.9. The summed E-state index contributed by atoms with van der Waals surface area (Å²) in [4.78, 5) is 5.89. The molecule has 4 heteroatoms. The van der Waals surface area contributed by atoms with E-state index in [9.17, 15) is 0 Å². The molecule has 0 N–H and O–H groups in total. The fourth-order valence-electron chi connectivity index (χ4n) is 2.35. The van der Waals surface area contributed by atoms with Gasteiger partial charge in [-0.2, -0.15) is 0 Å². The molecule has 3 rings (SSSR count). The van der Waals surface area contributed by atoms with Crippen molar-refractivity contribution in [1.82, 2.24) is 4.98 Å². The van der Waals surface area contributed by atoms with Gasteiger partial charge in [-0.15, -0.1) is 11.8 Å². The highest BCUT2D eigenvalue weighted by Crippen LogP contribution is 2.37. The average molecular weight is 350 g/mol. The van der Waals surface area contributed by atoms with Crippen molar-refractivity contribution in [2.75, 3.05) is 6.61 Å². The first-order chi connectivity index (χ1) is 9.76. The lowest BCUT2D eigenvalue weighted by Gasteiger charge is -2.13. The molecule has 20 heavy (non-hydrogen) atoms. The number of aryl methyl sites for hydroxylation is 1. The Morgan fingerprint density at radius 1 is 1.30 bits per heavy atom. The van der Waals surface area contributed by atoms with Gasteiger partial charge in [-0.25, -0.2) is 0 Å². The second-order valence-electron chi connectivity index (χ2n) is 4.89. The van der Waals surface area contributed by atoms with E-state index in [1.807, 2.05) is 30.8 Å². The van der Waals surface area contributed by atoms with Crippen LogP contribution >= 0.6 is 27.7 Å². The third-order valence-corrected chi connectivity index (χ3v) is 5.16. The van der Waals surface area contributed by atoms with E-state index in [1.54, 1.807) is 0 Å². The third kappa shape index (κ3) is 3.01. The lowest BCUT2D eigenvalue weighted by atomic mass is 10.1. The van der Waals surface area contributed by atoms with Crippen LogP contribution in [0.1, 0.15) is 17.0 Å². The van der Waals surface area contributed by atoms with Gasteiger partial charge < -0.3 is 4.74 Å². The zero-order valence-electron chi connectivity index (χ0n) is 11.3. The fraction of sp³-hybridized carbons (Fsp3) is 0.312. The molecular formula is C16H16BrNOS. The summed E-state index contributed by atoms with van der Waals surface area (Å²) in [5, 5.41) is 1.22. The number of halogens is 1. The van der Waals surface area contributed by atoms with Crippen molar-refractivity contribution in [1.29, 1.82) is 0 Å². The first kappa shape index (κ1) is 14.0. The van der Waals surface area contributed by atoms with Crippen LogP contribution < -0.4 is 4.74 Å². The van der Waals surface area contributed by atoms with E-state index >= 15 is 0 Å². The van der Waals surface area contributed by atoms with Gasteiger partial charge in [-0.3, -0.25) is 4.98 Å². The van der Waals surface area contributed by atoms with E-state index in [-0.39, 0.29) is 0 Å². The molecule has 1 aliphatic heterocycles. The minimum absolute atomic E-state index is 0.497. The molecule has 104 valence electrons. The Morgan fingerprint density at radius 2 is 2.15 bits per heavy atom. The van der Waals surface area contributed by atoms with E-state index in [2.05, 4.69) is 45.2 Å². The SMILES string of the molecule is Cc1ccc(OCC2Cc3ccccc3S2)c(CBr)n1. The molecular weight excluding hydrogens is 334 g/mol. The molecule has 2 heterocycles. The Labute approximate surface area is 132 Å². The van der Waals surface area contributed by atoms with E-state index < -0.39 is 0 Å². The van der Waals surface area contributed by atoms with E-state index in [1.165, 1.54) is 10.5 Å². The molecule has 2 aromatic rings. The smallest absolute Gasteiger partial charge is 0.141 e. The molecule has 0 saturated carbocycles. The van der Waals surface area contributed by atoms with Crippen LogP contribution in [0.4, 0.5) is 0 Å². The number of rotatable bonds is 4. The highest BCUT2D eigenvalue weighted by atomic mass is 79.9. The minimum Gasteiger partial charge on any atom is -0.490 e. The van der Waals surface area contributed by atoms with Gasteiger partial charge in [0.25, 0.3) is 0 Å². The number of thioether (sulfide) groups is 1. The Bertz CT molecular complexity index is 592. The Morgan fingerprint density at radius 3 is 2.95 bits per heavy atom. The van der Waals surface area contributed by atoms with Crippen molar-refractivity contribution in [3.05, 3.63) is 53.3 Å². The largest absolute Gasteiger partial charge is 0.490 e. The molecule has 1 aliphatic rings. The summed E-state index contributed by atoms with van der Waals surface area (Å²) in [5.74, 6) is 0.893. The van der Waals surface area contributed by atoms with Crippen molar-refractivity contribution >= 4 is 27.7 Å². The molecule has 1 unspecified atom stereocenters. The van der Waals surface area contributed by atoms with E-state index in [0.717, 1.165) is 35.5 Å². The maximum atomic E-state index is 5.98. The zero-order valence-corrected chi connectivity index (χ0v) is 13.7. The van der Waals surface area contributed by atoms with Crippen molar-refractivity contribution in [3.63, 3.8) is 0 Å². The van der Waals surface area contributed by atoms with Gasteiger partial charge in [0, 0.05) is 21.2 Å². The second kappa shape index (κ2) is 6.19. The van der Waals surface area contributed by atoms with Crippen LogP contribution in [0.2, 0.25) is 0 Å². The van der Waals surface area contributed by atoms with Crippen LogP contribution in [0, 0.1) is 6.92 Å². The molecule has 0 radical (unpaired) electrons. The summed E-state index contributed by atoms with van der Waals surface area (Å²) in [7, 11) is 0. The summed E-state index contributed by atoms with van der Waals surface area (Å²) in [6, 6.07) is 12.6. The van der Waals surface area contributed by atoms with Crippen molar-refractivity contribution in [2.45, 2.75) is 28.8 Å². The molecule has 0 aliphatic carbocycles. The minimum atomic E-state index is 0.497. The van der Waals surface area contributed by atoms with Gasteiger partial charge in [0.1, 0.15) is 12.4 Å². The maximum absolute atomic E-state index is 5.98. The van der Waals surface area contributed by atoms with Gasteiger partial charge in [0.2, 0.25) is 0 Å². The number of ether oxygens (including phenoxy) is 1. The van der Waals surface area contributed by atoms with Crippen LogP contribution in [0.15, 0.2) is 41.3 Å². The fourth-order valence-corrected chi connectivity index (χ4v) is 3.97. The highest BCUT2D eigenvalue weighted by Gasteiger charge is 2.22. The number of nitrogens with zero attached hydrogens (tertiary/aromatic N) is 1. The van der Waals surface area contributed by atoms with Crippen molar-refractivity contribution < 1.29 is 4.74 Å². The van der Waals surface area contributed by atoms with E-state index in [4.69, 9.17) is 4.74 Å². The monoisotopic (exact) mass is 349 g/mol. The number of fused-ring (bicyclic) bond motifs is 1. The normalized spacial score (nSPS) is 17.0. The number of pyridine rings is 1. The molecule has 1 atom stereocenters. The third-order valence-electron chi connectivity index (χ3n) is 3.34. The van der Waals surface area contributed by atoms with Gasteiger partial charge in [-0.05, 0) is 37.1 Å². The number of hydrogen-bond acceptors (Lipinski definition) is 3. The summed E-state index contributed by atoms with van der Waals surface area (Å²) < 4.78 is 5.98. The van der Waals surface area contributed by atoms with E-state index in [0.29, 0.717) is 5.25 Å². The number of aromatic nitrogens is 1. The summed E-state index contributed by atoms with van der Waals surface area (Å²) >= 11 is 5.39. The molecule has 0 amide bonds. The molecule has 2 nitrogen and oxygen atoms in total. The molecule has 0 fully saturated rings. The lowest BCUT2D eigenvalue weighted by molar-refractivity contribution is 0.313. The quantitative estimate of drug-likeness (QED) is 0.764. The first-order valence-corrected chi connectivity index (χ1v) is 8.66. The Balaban J connectivity index is 1.64. The number of hydrogen-bond donors (Lipinski definition) is 0. The van der Waals surface area contributed by atoms with Crippen LogP contribution in [0.25, 0.3) is 0 Å².